The van der Waals surface area contributed by atoms with Gasteiger partial charge in [-0.15, -0.1) is 0 Å². The minimum Gasteiger partial charge on any atom is -0.396 e. The molecule has 31 heavy (non-hydrogen) atoms. The zero-order chi connectivity index (χ0) is 22.1. The van der Waals surface area contributed by atoms with E-state index >= 15 is 0 Å². The summed E-state index contributed by atoms with van der Waals surface area (Å²) in [4.78, 5) is 6.83. The lowest BCUT2D eigenvalue weighted by Gasteiger charge is -2.28. The van der Waals surface area contributed by atoms with Gasteiger partial charge in [-0.2, -0.15) is 0 Å². The minimum absolute atomic E-state index is 0.0130. The van der Waals surface area contributed by atoms with Crippen molar-refractivity contribution in [2.75, 3.05) is 13.2 Å². The number of hydrogen-bond donors (Lipinski definition) is 2. The Balaban J connectivity index is 1.84. The molecule has 3 heterocycles. The molecule has 1 aromatic carbocycles. The zero-order valence-corrected chi connectivity index (χ0v) is 19.4. The zero-order valence-electron chi connectivity index (χ0n) is 18.6. The molecule has 1 saturated heterocycles. The van der Waals surface area contributed by atoms with Crippen molar-refractivity contribution in [1.29, 1.82) is 0 Å². The van der Waals surface area contributed by atoms with Crippen LogP contribution in [0.15, 0.2) is 48.7 Å². The normalized spacial score (nSPS) is 18.5. The second-order valence-electron chi connectivity index (χ2n) is 8.28. The van der Waals surface area contributed by atoms with Gasteiger partial charge in [0, 0.05) is 36.4 Å². The van der Waals surface area contributed by atoms with Crippen molar-refractivity contribution in [2.24, 2.45) is 0 Å². The lowest BCUT2D eigenvalue weighted by molar-refractivity contribution is 0.247. The SMILES string of the molecule is Cc1cccc(-n2c(C)cc([C@@H]3[C@H](c4ccccn4)NC(=S)N3CCCO)c2C)c1C. The second-order valence-corrected chi connectivity index (χ2v) is 8.66. The van der Waals surface area contributed by atoms with Crippen molar-refractivity contribution in [2.45, 2.75) is 46.2 Å². The van der Waals surface area contributed by atoms with Gasteiger partial charge in [-0.3, -0.25) is 4.98 Å². The van der Waals surface area contributed by atoms with E-state index in [0.29, 0.717) is 18.1 Å². The number of pyridine rings is 1. The van der Waals surface area contributed by atoms with E-state index in [1.165, 1.54) is 33.8 Å². The molecule has 4 rings (SSSR count). The molecule has 1 aliphatic heterocycles. The van der Waals surface area contributed by atoms with E-state index in [9.17, 15) is 5.11 Å². The van der Waals surface area contributed by atoms with Gasteiger partial charge in [-0.1, -0.05) is 18.2 Å². The highest BCUT2D eigenvalue weighted by Gasteiger charge is 2.41. The summed E-state index contributed by atoms with van der Waals surface area (Å²) in [6, 6.07) is 14.7. The Morgan fingerprint density at radius 3 is 2.61 bits per heavy atom. The maximum absolute atomic E-state index is 9.45. The molecule has 162 valence electrons. The number of benzene rings is 1. The van der Waals surface area contributed by atoms with Crippen LogP contribution >= 0.6 is 12.2 Å². The molecule has 0 radical (unpaired) electrons. The number of nitrogens with one attached hydrogen (secondary N) is 1. The van der Waals surface area contributed by atoms with Gasteiger partial charge < -0.3 is 19.9 Å². The third-order valence-corrected chi connectivity index (χ3v) is 6.71. The van der Waals surface area contributed by atoms with Crippen molar-refractivity contribution >= 4 is 17.3 Å². The fourth-order valence-corrected chi connectivity index (χ4v) is 4.99. The molecule has 3 aromatic rings. The summed E-state index contributed by atoms with van der Waals surface area (Å²) in [7, 11) is 0. The summed E-state index contributed by atoms with van der Waals surface area (Å²) in [5.74, 6) is 0. The van der Waals surface area contributed by atoms with Crippen LogP contribution in [0.4, 0.5) is 0 Å². The Bertz CT molecular complexity index is 1090. The van der Waals surface area contributed by atoms with Crippen LogP contribution in [-0.4, -0.2) is 37.8 Å². The van der Waals surface area contributed by atoms with Crippen LogP contribution in [0.1, 0.15) is 52.3 Å². The highest BCUT2D eigenvalue weighted by atomic mass is 32.1. The van der Waals surface area contributed by atoms with Gasteiger partial charge in [0.25, 0.3) is 0 Å². The maximum atomic E-state index is 9.45. The molecule has 2 aromatic heterocycles. The molecular weight excluding hydrogens is 404 g/mol. The van der Waals surface area contributed by atoms with E-state index in [-0.39, 0.29) is 18.7 Å². The highest BCUT2D eigenvalue weighted by Crippen LogP contribution is 2.41. The summed E-state index contributed by atoms with van der Waals surface area (Å²) in [5.41, 5.74) is 8.39. The molecule has 1 aliphatic rings. The topological polar surface area (TPSA) is 53.3 Å². The second kappa shape index (κ2) is 8.81. The standard InChI is InChI=1S/C25H30N4OS/c1-16-9-7-11-22(18(16)3)29-17(2)15-20(19(29)4)24-23(21-10-5-6-12-26-21)27-25(31)28(24)13-8-14-30/h5-7,9-12,15,23-24,30H,8,13-14H2,1-4H3,(H,27,31)/t23-,24+/m0/s1. The molecule has 5 nitrogen and oxygen atoms in total. The number of aliphatic hydroxyl groups is 1. The summed E-state index contributed by atoms with van der Waals surface area (Å²) in [6.07, 6.45) is 2.50. The number of hydrogen-bond acceptors (Lipinski definition) is 3. The van der Waals surface area contributed by atoms with Crippen LogP contribution in [0.25, 0.3) is 5.69 Å². The van der Waals surface area contributed by atoms with Crippen molar-refractivity contribution in [1.82, 2.24) is 19.8 Å². The Labute approximate surface area is 189 Å². The number of thiocarbonyl (C=S) groups is 1. The predicted octanol–water partition coefficient (Wildman–Crippen LogP) is 4.46. The molecule has 0 saturated carbocycles. The van der Waals surface area contributed by atoms with Crippen LogP contribution < -0.4 is 5.32 Å². The van der Waals surface area contributed by atoms with Gasteiger partial charge in [-0.25, -0.2) is 0 Å². The summed E-state index contributed by atoms with van der Waals surface area (Å²) >= 11 is 5.72. The number of aromatic nitrogens is 2. The first-order valence-corrected chi connectivity index (χ1v) is 11.2. The molecule has 0 aliphatic carbocycles. The van der Waals surface area contributed by atoms with Gasteiger partial charge in [0.1, 0.15) is 0 Å². The summed E-state index contributed by atoms with van der Waals surface area (Å²) < 4.78 is 2.35. The molecule has 0 spiro atoms. The number of nitrogens with zero attached hydrogens (tertiary/aromatic N) is 3. The molecule has 2 N–H and O–H groups in total. The van der Waals surface area contributed by atoms with Crippen molar-refractivity contribution in [3.63, 3.8) is 0 Å². The first-order chi connectivity index (χ1) is 14.9. The Morgan fingerprint density at radius 2 is 1.90 bits per heavy atom. The van der Waals surface area contributed by atoms with Crippen LogP contribution in [-0.2, 0) is 0 Å². The average molecular weight is 435 g/mol. The van der Waals surface area contributed by atoms with E-state index in [4.69, 9.17) is 12.2 Å². The van der Waals surface area contributed by atoms with Crippen LogP contribution in [0.2, 0.25) is 0 Å². The number of aryl methyl sites for hydroxylation is 2. The van der Waals surface area contributed by atoms with E-state index in [2.05, 4.69) is 71.7 Å². The molecule has 0 unspecified atom stereocenters. The Morgan fingerprint density at radius 1 is 1.10 bits per heavy atom. The first-order valence-electron chi connectivity index (χ1n) is 10.8. The first kappa shape index (κ1) is 21.5. The smallest absolute Gasteiger partial charge is 0.170 e. The van der Waals surface area contributed by atoms with Gasteiger partial charge in [0.15, 0.2) is 5.11 Å². The molecular formula is C25H30N4OS. The average Bonchev–Trinajstić information content (AvgIpc) is 3.24. The highest BCUT2D eigenvalue weighted by molar-refractivity contribution is 7.80. The van der Waals surface area contributed by atoms with Crippen molar-refractivity contribution in [3.05, 3.63) is 82.4 Å². The quantitative estimate of drug-likeness (QED) is 0.561. The lowest BCUT2D eigenvalue weighted by Crippen LogP contribution is -2.31. The van der Waals surface area contributed by atoms with Crippen LogP contribution in [0.3, 0.4) is 0 Å². The largest absolute Gasteiger partial charge is 0.396 e. The monoisotopic (exact) mass is 434 g/mol. The fraction of sp³-hybridized carbons (Fsp3) is 0.360. The predicted molar refractivity (Wildman–Crippen MR) is 129 cm³/mol. The number of rotatable bonds is 6. The van der Waals surface area contributed by atoms with Gasteiger partial charge in [-0.05, 0) is 87.3 Å². The Hall–Kier alpha value is -2.70. The van der Waals surface area contributed by atoms with E-state index in [0.717, 1.165) is 5.69 Å². The molecule has 1 fully saturated rings. The van der Waals surface area contributed by atoms with Gasteiger partial charge in [0.05, 0.1) is 17.8 Å². The van der Waals surface area contributed by atoms with Gasteiger partial charge >= 0.3 is 0 Å². The number of aliphatic hydroxyl groups excluding tert-OH is 1. The van der Waals surface area contributed by atoms with E-state index < -0.39 is 0 Å². The summed E-state index contributed by atoms with van der Waals surface area (Å²) in [5, 5.41) is 13.7. The molecule has 2 atom stereocenters. The molecule has 0 bridgehead atoms. The minimum atomic E-state index is -0.0417. The summed E-state index contributed by atoms with van der Waals surface area (Å²) in [6.45, 7) is 9.52. The third-order valence-electron chi connectivity index (χ3n) is 6.36. The molecule has 0 amide bonds. The van der Waals surface area contributed by atoms with Crippen LogP contribution in [0, 0.1) is 27.7 Å². The van der Waals surface area contributed by atoms with Crippen molar-refractivity contribution in [3.8, 4) is 5.69 Å². The Kier molecular flexibility index (Phi) is 6.12. The molecule has 6 heteroatoms. The van der Waals surface area contributed by atoms with E-state index in [1.807, 2.05) is 24.4 Å². The van der Waals surface area contributed by atoms with Crippen LogP contribution in [0.5, 0.6) is 0 Å². The van der Waals surface area contributed by atoms with E-state index in [1.54, 1.807) is 0 Å². The lowest BCUT2D eigenvalue weighted by atomic mass is 9.96. The fourth-order valence-electron chi connectivity index (χ4n) is 4.66. The van der Waals surface area contributed by atoms with Crippen molar-refractivity contribution < 1.29 is 5.11 Å². The third kappa shape index (κ3) is 3.86. The van der Waals surface area contributed by atoms with Gasteiger partial charge in [0.2, 0.25) is 0 Å². The maximum Gasteiger partial charge on any atom is 0.170 e.